The Balaban J connectivity index is 1.53. The average Bonchev–Trinajstić information content (AvgIpc) is 2.79. The summed E-state index contributed by atoms with van der Waals surface area (Å²) >= 11 is 0. The minimum absolute atomic E-state index is 0.122. The van der Waals surface area contributed by atoms with Gasteiger partial charge in [-0.2, -0.15) is 5.10 Å². The number of nitrogens with zero attached hydrogens (tertiary/aromatic N) is 2. The number of hydrogen-bond donors (Lipinski definition) is 3. The molecule has 0 aliphatic rings. The summed E-state index contributed by atoms with van der Waals surface area (Å²) in [6.07, 6.45) is 0.715. The van der Waals surface area contributed by atoms with Crippen LogP contribution >= 0.6 is 0 Å². The Labute approximate surface area is 178 Å². The zero-order valence-electron chi connectivity index (χ0n) is 16.6. The van der Waals surface area contributed by atoms with Crippen LogP contribution in [0.2, 0.25) is 0 Å². The maximum absolute atomic E-state index is 12.1. The second-order valence-corrected chi connectivity index (χ2v) is 6.38. The van der Waals surface area contributed by atoms with Crippen LogP contribution in [-0.4, -0.2) is 29.0 Å². The Bertz CT molecular complexity index is 1110. The number of phenols is 1. The molecule has 0 atom stereocenters. The molecular formula is C23H20N4O4. The van der Waals surface area contributed by atoms with Crippen molar-refractivity contribution in [3.63, 3.8) is 0 Å². The SMILES string of the molecule is C/C(=N/NC(=O)c1ccccc1O)c1ccc(NC(=O)O/N=C\c2ccccc2)cc1. The van der Waals surface area contributed by atoms with Crippen molar-refractivity contribution in [2.24, 2.45) is 10.3 Å². The molecule has 8 heteroatoms. The van der Waals surface area contributed by atoms with Crippen LogP contribution < -0.4 is 10.7 Å². The molecular weight excluding hydrogens is 396 g/mol. The van der Waals surface area contributed by atoms with Gasteiger partial charge in [0, 0.05) is 5.69 Å². The van der Waals surface area contributed by atoms with E-state index in [4.69, 9.17) is 4.84 Å². The van der Waals surface area contributed by atoms with E-state index < -0.39 is 12.0 Å². The molecule has 0 heterocycles. The number of oxime groups is 1. The highest BCUT2D eigenvalue weighted by atomic mass is 16.7. The second kappa shape index (κ2) is 10.4. The smallest absolute Gasteiger partial charge is 0.437 e. The van der Waals surface area contributed by atoms with E-state index in [0.29, 0.717) is 11.4 Å². The van der Waals surface area contributed by atoms with Crippen molar-refractivity contribution < 1.29 is 19.5 Å². The van der Waals surface area contributed by atoms with Crippen LogP contribution in [0.4, 0.5) is 10.5 Å². The maximum atomic E-state index is 12.1. The van der Waals surface area contributed by atoms with E-state index in [0.717, 1.165) is 11.1 Å². The number of hydrazone groups is 1. The number of carbonyl (C=O) groups is 2. The highest BCUT2D eigenvalue weighted by Gasteiger charge is 2.09. The fourth-order valence-electron chi connectivity index (χ4n) is 2.53. The van der Waals surface area contributed by atoms with Crippen molar-refractivity contribution in [3.05, 3.63) is 95.6 Å². The first-order chi connectivity index (χ1) is 15.0. The standard InChI is InChI=1S/C23H20N4O4/c1-16(26-27-22(29)20-9-5-6-10-21(20)28)18-11-13-19(14-12-18)25-23(30)31-24-15-17-7-3-2-4-8-17/h2-15,28H,1H3,(H,25,30)(H,27,29)/b24-15-,26-16-. The molecule has 0 aliphatic heterocycles. The molecule has 3 aromatic carbocycles. The third-order valence-electron chi connectivity index (χ3n) is 4.16. The number of phenolic OH excluding ortho intramolecular Hbond substituents is 1. The predicted molar refractivity (Wildman–Crippen MR) is 118 cm³/mol. The van der Waals surface area contributed by atoms with E-state index >= 15 is 0 Å². The minimum atomic E-state index is -0.722. The average molecular weight is 416 g/mol. The molecule has 8 nitrogen and oxygen atoms in total. The molecule has 0 bridgehead atoms. The van der Waals surface area contributed by atoms with Gasteiger partial charge < -0.3 is 5.11 Å². The number of carbonyl (C=O) groups excluding carboxylic acids is 2. The summed E-state index contributed by atoms with van der Waals surface area (Å²) < 4.78 is 0. The van der Waals surface area contributed by atoms with Crippen LogP contribution in [0, 0.1) is 0 Å². The topological polar surface area (TPSA) is 112 Å². The molecule has 0 fully saturated rings. The minimum Gasteiger partial charge on any atom is -0.507 e. The normalized spacial score (nSPS) is 11.2. The van der Waals surface area contributed by atoms with Crippen molar-refractivity contribution in [1.82, 2.24) is 5.43 Å². The molecule has 0 spiro atoms. The van der Waals surface area contributed by atoms with Gasteiger partial charge in [-0.1, -0.05) is 59.8 Å². The van der Waals surface area contributed by atoms with Gasteiger partial charge in [0.25, 0.3) is 5.91 Å². The lowest BCUT2D eigenvalue weighted by Crippen LogP contribution is -2.19. The number of rotatable bonds is 6. The lowest BCUT2D eigenvalue weighted by atomic mass is 10.1. The molecule has 3 aromatic rings. The van der Waals surface area contributed by atoms with Gasteiger partial charge in [0.2, 0.25) is 0 Å². The van der Waals surface area contributed by atoms with E-state index in [1.54, 1.807) is 43.3 Å². The third-order valence-corrected chi connectivity index (χ3v) is 4.16. The van der Waals surface area contributed by atoms with E-state index in [1.807, 2.05) is 30.3 Å². The van der Waals surface area contributed by atoms with E-state index in [-0.39, 0.29) is 11.3 Å². The van der Waals surface area contributed by atoms with Gasteiger partial charge >= 0.3 is 6.09 Å². The zero-order valence-corrected chi connectivity index (χ0v) is 16.6. The van der Waals surface area contributed by atoms with Crippen LogP contribution in [0.25, 0.3) is 0 Å². The van der Waals surface area contributed by atoms with Crippen molar-refractivity contribution in [2.45, 2.75) is 6.92 Å². The lowest BCUT2D eigenvalue weighted by Gasteiger charge is -2.06. The van der Waals surface area contributed by atoms with Gasteiger partial charge in [-0.05, 0) is 42.3 Å². The van der Waals surface area contributed by atoms with Gasteiger partial charge in [-0.15, -0.1) is 0 Å². The number of benzene rings is 3. The quantitative estimate of drug-likeness (QED) is 0.319. The van der Waals surface area contributed by atoms with Crippen molar-refractivity contribution in [1.29, 1.82) is 0 Å². The van der Waals surface area contributed by atoms with E-state index in [9.17, 15) is 14.7 Å². The first-order valence-corrected chi connectivity index (χ1v) is 9.32. The number of aromatic hydroxyl groups is 1. The fourth-order valence-corrected chi connectivity index (χ4v) is 2.53. The first kappa shape index (κ1) is 21.3. The van der Waals surface area contributed by atoms with Gasteiger partial charge in [0.1, 0.15) is 5.75 Å². The maximum Gasteiger partial charge on any atom is 0.437 e. The van der Waals surface area contributed by atoms with Gasteiger partial charge in [0.15, 0.2) is 0 Å². The molecule has 0 aliphatic carbocycles. The van der Waals surface area contributed by atoms with Gasteiger partial charge in [0.05, 0.1) is 17.5 Å². The summed E-state index contributed by atoms with van der Waals surface area (Å²) in [5.41, 5.74) is 5.14. The lowest BCUT2D eigenvalue weighted by molar-refractivity contribution is 0.0952. The molecule has 3 N–H and O–H groups in total. The molecule has 0 saturated heterocycles. The van der Waals surface area contributed by atoms with Crippen LogP contribution in [-0.2, 0) is 4.84 Å². The Kier molecular flexibility index (Phi) is 7.10. The van der Waals surface area contributed by atoms with E-state index in [1.165, 1.54) is 18.3 Å². The highest BCUT2D eigenvalue weighted by molar-refractivity contribution is 6.02. The second-order valence-electron chi connectivity index (χ2n) is 6.38. The van der Waals surface area contributed by atoms with Crippen molar-refractivity contribution in [2.75, 3.05) is 5.32 Å². The molecule has 0 unspecified atom stereocenters. The van der Waals surface area contributed by atoms with Crippen LogP contribution in [0.1, 0.15) is 28.4 Å². The largest absolute Gasteiger partial charge is 0.507 e. The number of nitrogens with one attached hydrogen (secondary N) is 2. The highest BCUT2D eigenvalue weighted by Crippen LogP contribution is 2.15. The Morgan fingerprint density at radius 3 is 2.32 bits per heavy atom. The summed E-state index contributed by atoms with van der Waals surface area (Å²) in [4.78, 5) is 28.7. The molecule has 2 amide bonds. The van der Waals surface area contributed by atoms with Crippen molar-refractivity contribution in [3.8, 4) is 5.75 Å². The molecule has 0 aromatic heterocycles. The number of hydrogen-bond acceptors (Lipinski definition) is 6. The molecule has 0 radical (unpaired) electrons. The van der Waals surface area contributed by atoms with Crippen LogP contribution in [0.3, 0.4) is 0 Å². The Hall–Kier alpha value is -4.46. The molecule has 156 valence electrons. The van der Waals surface area contributed by atoms with Crippen molar-refractivity contribution >= 4 is 29.6 Å². The third kappa shape index (κ3) is 6.26. The Morgan fingerprint density at radius 1 is 0.935 bits per heavy atom. The molecule has 31 heavy (non-hydrogen) atoms. The summed E-state index contributed by atoms with van der Waals surface area (Å²) in [6.45, 7) is 1.72. The predicted octanol–water partition coefficient (Wildman–Crippen LogP) is 4.13. The van der Waals surface area contributed by atoms with Gasteiger partial charge in [-0.3, -0.25) is 14.9 Å². The molecule has 0 saturated carbocycles. The van der Waals surface area contributed by atoms with Crippen LogP contribution in [0.15, 0.2) is 89.1 Å². The number of anilines is 1. The summed E-state index contributed by atoms with van der Waals surface area (Å²) in [5.74, 6) is -0.641. The Morgan fingerprint density at radius 2 is 1.61 bits per heavy atom. The summed E-state index contributed by atoms with van der Waals surface area (Å²) in [6, 6.07) is 22.2. The zero-order chi connectivity index (χ0) is 22.1. The molecule has 3 rings (SSSR count). The number of para-hydroxylation sites is 1. The van der Waals surface area contributed by atoms with Crippen LogP contribution in [0.5, 0.6) is 5.75 Å². The monoisotopic (exact) mass is 416 g/mol. The summed E-state index contributed by atoms with van der Waals surface area (Å²) in [7, 11) is 0. The van der Waals surface area contributed by atoms with E-state index in [2.05, 4.69) is 21.0 Å². The summed E-state index contributed by atoms with van der Waals surface area (Å²) in [5, 5.41) is 20.0. The number of amides is 2. The van der Waals surface area contributed by atoms with Gasteiger partial charge in [-0.25, -0.2) is 10.2 Å². The fraction of sp³-hybridized carbons (Fsp3) is 0.0435. The first-order valence-electron chi connectivity index (χ1n) is 9.32.